The third-order valence-corrected chi connectivity index (χ3v) is 2.88. The molecule has 0 aliphatic heterocycles. The fourth-order valence-corrected chi connectivity index (χ4v) is 2.23. The molecule has 1 aliphatic carbocycles. The summed E-state index contributed by atoms with van der Waals surface area (Å²) < 4.78 is 10.5. The van der Waals surface area contributed by atoms with Crippen molar-refractivity contribution in [2.45, 2.75) is 31.8 Å². The van der Waals surface area contributed by atoms with Crippen LogP contribution in [0.2, 0.25) is 0 Å². The predicted octanol–water partition coefficient (Wildman–Crippen LogP) is -0.0169. The van der Waals surface area contributed by atoms with Crippen LogP contribution in [0.4, 0.5) is 0 Å². The zero-order chi connectivity index (χ0) is 10.0. The lowest BCUT2D eigenvalue weighted by Gasteiger charge is -2.24. The Hall–Kier alpha value is -0.160. The maximum absolute atomic E-state index is 9.10. The van der Waals surface area contributed by atoms with E-state index >= 15 is 0 Å². The Labute approximate surface area is 78.5 Å². The molecule has 0 bridgehead atoms. The van der Waals surface area contributed by atoms with Crippen molar-refractivity contribution >= 4 is 0 Å². The minimum Gasteiger partial charge on any atom is -0.378 e. The highest BCUT2D eigenvalue weighted by atomic mass is 16.5. The number of aliphatic hydroxyl groups excluding tert-OH is 1. The van der Waals surface area contributed by atoms with Crippen molar-refractivity contribution < 1.29 is 19.7 Å². The van der Waals surface area contributed by atoms with Crippen molar-refractivity contribution in [1.82, 2.24) is 0 Å². The van der Waals surface area contributed by atoms with Crippen molar-refractivity contribution in [2.75, 3.05) is 14.2 Å². The van der Waals surface area contributed by atoms with Crippen LogP contribution in [0.25, 0.3) is 0 Å². The monoisotopic (exact) mass is 190 g/mol. The van der Waals surface area contributed by atoms with Crippen molar-refractivity contribution in [3.05, 3.63) is 0 Å². The van der Waals surface area contributed by atoms with Crippen LogP contribution in [0.3, 0.4) is 0 Å². The lowest BCUT2D eigenvalue weighted by molar-refractivity contribution is -0.133. The van der Waals surface area contributed by atoms with Crippen LogP contribution in [-0.2, 0) is 9.47 Å². The van der Waals surface area contributed by atoms with Gasteiger partial charge in [-0.15, -0.1) is 0 Å². The molecule has 0 aromatic carbocycles. The number of hydrogen-bond acceptors (Lipinski definition) is 4. The number of hydrogen-bond donors (Lipinski definition) is 2. The molecular formula is C9H18O4. The van der Waals surface area contributed by atoms with E-state index in [4.69, 9.17) is 19.7 Å². The lowest BCUT2D eigenvalue weighted by Crippen LogP contribution is -2.36. The van der Waals surface area contributed by atoms with Gasteiger partial charge in [-0.1, -0.05) is 6.92 Å². The van der Waals surface area contributed by atoms with Gasteiger partial charge in [0.25, 0.3) is 0 Å². The van der Waals surface area contributed by atoms with E-state index in [0.29, 0.717) is 5.92 Å². The summed E-state index contributed by atoms with van der Waals surface area (Å²) in [5, 5.41) is 18.2. The standard InChI is InChI=1S/C9H18O4/c1-5-4-6(9(10)11)8(13-3)7(5)12-2/h5-11H,4H2,1-3H3/t5?,6?,7-,8?/m0/s1. The molecule has 0 heterocycles. The van der Waals surface area contributed by atoms with E-state index in [1.54, 1.807) is 14.2 Å². The topological polar surface area (TPSA) is 58.9 Å². The zero-order valence-corrected chi connectivity index (χ0v) is 8.30. The number of aliphatic hydroxyl groups is 2. The Kier molecular flexibility index (Phi) is 3.67. The fraction of sp³-hybridized carbons (Fsp3) is 1.00. The summed E-state index contributed by atoms with van der Waals surface area (Å²) in [5.74, 6) is 0.0756. The Morgan fingerprint density at radius 3 is 2.08 bits per heavy atom. The first-order valence-corrected chi connectivity index (χ1v) is 4.53. The first-order chi connectivity index (χ1) is 6.11. The van der Waals surface area contributed by atoms with Crippen LogP contribution >= 0.6 is 0 Å². The molecule has 1 saturated carbocycles. The minimum absolute atomic E-state index is 0.0307. The highest BCUT2D eigenvalue weighted by Gasteiger charge is 2.44. The molecule has 1 rings (SSSR count). The van der Waals surface area contributed by atoms with Gasteiger partial charge in [0, 0.05) is 20.1 Å². The quantitative estimate of drug-likeness (QED) is 0.614. The van der Waals surface area contributed by atoms with E-state index in [-0.39, 0.29) is 18.1 Å². The third kappa shape index (κ3) is 2.02. The summed E-state index contributed by atoms with van der Waals surface area (Å²) in [6, 6.07) is 0. The molecule has 0 spiro atoms. The molecule has 4 atom stereocenters. The highest BCUT2D eigenvalue weighted by molar-refractivity contribution is 4.91. The van der Waals surface area contributed by atoms with Crippen LogP contribution in [0, 0.1) is 11.8 Å². The van der Waals surface area contributed by atoms with Crippen LogP contribution in [0.1, 0.15) is 13.3 Å². The molecule has 4 nitrogen and oxygen atoms in total. The van der Waals surface area contributed by atoms with Gasteiger partial charge in [0.1, 0.15) is 0 Å². The SMILES string of the molecule is COC1C(C(O)O)CC(C)[C@@H]1OC. The summed E-state index contributed by atoms with van der Waals surface area (Å²) in [6.45, 7) is 2.03. The predicted molar refractivity (Wildman–Crippen MR) is 47.1 cm³/mol. The molecule has 0 aromatic heterocycles. The Morgan fingerprint density at radius 2 is 1.69 bits per heavy atom. The maximum Gasteiger partial charge on any atom is 0.156 e. The molecule has 4 heteroatoms. The molecule has 0 amide bonds. The van der Waals surface area contributed by atoms with Gasteiger partial charge in [0.2, 0.25) is 0 Å². The Bertz CT molecular complexity index is 160. The summed E-state index contributed by atoms with van der Waals surface area (Å²) in [6.07, 6.45) is -0.821. The Morgan fingerprint density at radius 1 is 1.15 bits per heavy atom. The van der Waals surface area contributed by atoms with Gasteiger partial charge in [-0.25, -0.2) is 0 Å². The van der Waals surface area contributed by atoms with E-state index in [1.165, 1.54) is 0 Å². The second kappa shape index (κ2) is 4.37. The van der Waals surface area contributed by atoms with Crippen LogP contribution in [-0.4, -0.2) is 42.9 Å². The van der Waals surface area contributed by atoms with Gasteiger partial charge in [-0.2, -0.15) is 0 Å². The molecule has 1 aliphatic rings. The zero-order valence-electron chi connectivity index (χ0n) is 8.30. The summed E-state index contributed by atoms with van der Waals surface area (Å²) in [7, 11) is 3.20. The van der Waals surface area contributed by atoms with Gasteiger partial charge in [0.15, 0.2) is 6.29 Å². The summed E-state index contributed by atoms with van der Waals surface area (Å²) >= 11 is 0. The van der Waals surface area contributed by atoms with Crippen LogP contribution in [0.5, 0.6) is 0 Å². The number of methoxy groups -OCH3 is 2. The molecule has 2 N–H and O–H groups in total. The van der Waals surface area contributed by atoms with Gasteiger partial charge in [0.05, 0.1) is 12.2 Å². The average molecular weight is 190 g/mol. The van der Waals surface area contributed by atoms with Gasteiger partial charge in [-0.05, 0) is 12.3 Å². The van der Waals surface area contributed by atoms with Gasteiger partial charge < -0.3 is 19.7 Å². The minimum atomic E-state index is -1.31. The summed E-state index contributed by atoms with van der Waals surface area (Å²) in [4.78, 5) is 0. The van der Waals surface area contributed by atoms with E-state index < -0.39 is 6.29 Å². The van der Waals surface area contributed by atoms with Gasteiger partial charge in [-0.3, -0.25) is 0 Å². The number of ether oxygens (including phenoxy) is 2. The largest absolute Gasteiger partial charge is 0.378 e. The molecule has 0 saturated heterocycles. The second-order valence-corrected chi connectivity index (χ2v) is 3.69. The maximum atomic E-state index is 9.10. The van der Waals surface area contributed by atoms with Crippen LogP contribution < -0.4 is 0 Å². The van der Waals surface area contributed by atoms with Crippen molar-refractivity contribution in [3.63, 3.8) is 0 Å². The van der Waals surface area contributed by atoms with E-state index in [0.717, 1.165) is 6.42 Å². The third-order valence-electron chi connectivity index (χ3n) is 2.88. The molecule has 0 aromatic rings. The molecule has 78 valence electrons. The van der Waals surface area contributed by atoms with E-state index in [9.17, 15) is 0 Å². The molecule has 3 unspecified atom stereocenters. The lowest BCUT2D eigenvalue weighted by atomic mass is 10.0. The van der Waals surface area contributed by atoms with Crippen molar-refractivity contribution in [3.8, 4) is 0 Å². The first kappa shape index (κ1) is 10.9. The normalized spacial score (nSPS) is 40.2. The first-order valence-electron chi connectivity index (χ1n) is 4.53. The molecule has 1 fully saturated rings. The van der Waals surface area contributed by atoms with Crippen molar-refractivity contribution in [1.29, 1.82) is 0 Å². The summed E-state index contributed by atoms with van der Waals surface area (Å²) in [5.41, 5.74) is 0. The molecule has 13 heavy (non-hydrogen) atoms. The van der Waals surface area contributed by atoms with Gasteiger partial charge >= 0.3 is 0 Å². The second-order valence-electron chi connectivity index (χ2n) is 3.69. The van der Waals surface area contributed by atoms with Crippen LogP contribution in [0.15, 0.2) is 0 Å². The molecular weight excluding hydrogens is 172 g/mol. The highest BCUT2D eigenvalue weighted by Crippen LogP contribution is 2.36. The van der Waals surface area contributed by atoms with E-state index in [1.807, 2.05) is 6.92 Å². The smallest absolute Gasteiger partial charge is 0.156 e. The Balaban J connectivity index is 2.69. The van der Waals surface area contributed by atoms with Crippen molar-refractivity contribution in [2.24, 2.45) is 11.8 Å². The average Bonchev–Trinajstić information content (AvgIpc) is 2.41. The van der Waals surface area contributed by atoms with E-state index in [2.05, 4.69) is 0 Å². The fourth-order valence-electron chi connectivity index (χ4n) is 2.23. The number of rotatable bonds is 3. The molecule has 0 radical (unpaired) electrons.